The molecule has 2 fully saturated rings. The van der Waals surface area contributed by atoms with E-state index in [0.717, 1.165) is 66.0 Å². The lowest BCUT2D eigenvalue weighted by Gasteiger charge is -2.28. The number of aliphatic hydroxyl groups excluding tert-OH is 1. The second kappa shape index (κ2) is 9.36. The number of nitrogens with zero attached hydrogens (tertiary/aromatic N) is 5. The van der Waals surface area contributed by atoms with E-state index < -0.39 is 0 Å². The van der Waals surface area contributed by atoms with Gasteiger partial charge in [0, 0.05) is 24.2 Å². The van der Waals surface area contributed by atoms with Crippen LogP contribution in [0.4, 0.5) is 11.6 Å². The van der Waals surface area contributed by atoms with Gasteiger partial charge in [0.25, 0.3) is 0 Å². The van der Waals surface area contributed by atoms with Crippen LogP contribution in [-0.4, -0.2) is 30.7 Å². The molecule has 0 aliphatic heterocycles. The third-order valence-corrected chi connectivity index (χ3v) is 7.45. The lowest BCUT2D eigenvalue weighted by molar-refractivity contribution is 0.111. The molecule has 4 aromatic rings. The van der Waals surface area contributed by atoms with Gasteiger partial charge in [0.2, 0.25) is 0 Å². The fourth-order valence-electron chi connectivity index (χ4n) is 5.39. The van der Waals surface area contributed by atoms with Crippen LogP contribution in [0.15, 0.2) is 48.7 Å². The van der Waals surface area contributed by atoms with E-state index in [2.05, 4.69) is 58.2 Å². The molecule has 7 heteroatoms. The van der Waals surface area contributed by atoms with E-state index in [-0.39, 0.29) is 6.10 Å². The zero-order chi connectivity index (χ0) is 24.6. The van der Waals surface area contributed by atoms with Gasteiger partial charge in [-0.3, -0.25) is 0 Å². The smallest absolute Gasteiger partial charge is 0.132 e. The molecule has 0 unspecified atom stereocenters. The van der Waals surface area contributed by atoms with E-state index in [0.29, 0.717) is 23.3 Å². The monoisotopic (exact) mass is 478 g/mol. The quantitative estimate of drug-likeness (QED) is 0.351. The Morgan fingerprint density at radius 3 is 2.58 bits per heavy atom. The largest absolute Gasteiger partial charge is 0.393 e. The number of aromatic nitrogens is 4. The number of nitriles is 1. The Balaban J connectivity index is 1.40. The standard InChI is InChI=1S/C29H30N6O/c1-2-29-33-24-10-5-20(15-26(24)35(29)22-6-8-23(36)9-7-22)25-14-21(19-3-4-19)16-28(32-25)34-27-13-18(17-30)11-12-31-27/h5,10-16,19,22-23,36H,2-4,6-9H2,1H3,(H,31,32,34)/t22-,23-. The van der Waals surface area contributed by atoms with E-state index in [1.165, 1.54) is 18.4 Å². The van der Waals surface area contributed by atoms with Crippen molar-refractivity contribution in [3.8, 4) is 17.3 Å². The van der Waals surface area contributed by atoms with Crippen molar-refractivity contribution in [3.63, 3.8) is 0 Å². The third kappa shape index (κ3) is 4.45. The van der Waals surface area contributed by atoms with Gasteiger partial charge in [-0.05, 0) is 86.4 Å². The third-order valence-electron chi connectivity index (χ3n) is 7.45. The second-order valence-corrected chi connectivity index (χ2v) is 10.0. The Bertz CT molecular complexity index is 1460. The Hall–Kier alpha value is -3.76. The van der Waals surface area contributed by atoms with Gasteiger partial charge < -0.3 is 15.0 Å². The molecule has 2 aliphatic carbocycles. The van der Waals surface area contributed by atoms with Crippen LogP contribution < -0.4 is 5.32 Å². The predicted molar refractivity (Wildman–Crippen MR) is 140 cm³/mol. The minimum atomic E-state index is -0.180. The summed E-state index contributed by atoms with van der Waals surface area (Å²) in [6, 6.07) is 16.7. The normalized spacial score (nSPS) is 19.8. The van der Waals surface area contributed by atoms with Crippen molar-refractivity contribution < 1.29 is 5.11 Å². The predicted octanol–water partition coefficient (Wildman–Crippen LogP) is 6.02. The number of anilines is 2. The van der Waals surface area contributed by atoms with Gasteiger partial charge in [-0.1, -0.05) is 13.0 Å². The first kappa shape index (κ1) is 22.7. The van der Waals surface area contributed by atoms with Crippen molar-refractivity contribution in [3.05, 3.63) is 65.6 Å². The highest BCUT2D eigenvalue weighted by atomic mass is 16.3. The first-order valence-electron chi connectivity index (χ1n) is 13.0. The number of imidazole rings is 1. The molecule has 36 heavy (non-hydrogen) atoms. The molecule has 7 nitrogen and oxygen atoms in total. The van der Waals surface area contributed by atoms with Crippen LogP contribution in [0.5, 0.6) is 0 Å². The summed E-state index contributed by atoms with van der Waals surface area (Å²) in [5.41, 5.74) is 5.98. The van der Waals surface area contributed by atoms with E-state index in [9.17, 15) is 10.4 Å². The minimum absolute atomic E-state index is 0.180. The highest BCUT2D eigenvalue weighted by molar-refractivity contribution is 5.82. The zero-order valence-corrected chi connectivity index (χ0v) is 20.5. The summed E-state index contributed by atoms with van der Waals surface area (Å²) in [4.78, 5) is 14.3. The topological polar surface area (TPSA) is 99.7 Å². The van der Waals surface area contributed by atoms with Crippen molar-refractivity contribution >= 4 is 22.7 Å². The summed E-state index contributed by atoms with van der Waals surface area (Å²) in [5.74, 6) is 3.02. The summed E-state index contributed by atoms with van der Waals surface area (Å²) in [7, 11) is 0. The van der Waals surface area contributed by atoms with Gasteiger partial charge in [-0.25, -0.2) is 15.0 Å². The Morgan fingerprint density at radius 2 is 1.83 bits per heavy atom. The number of fused-ring (bicyclic) bond motifs is 1. The summed E-state index contributed by atoms with van der Waals surface area (Å²) in [6.45, 7) is 2.16. The average molecular weight is 479 g/mol. The number of rotatable bonds is 6. The molecule has 182 valence electrons. The molecule has 0 amide bonds. The van der Waals surface area contributed by atoms with Gasteiger partial charge in [-0.15, -0.1) is 0 Å². The zero-order valence-electron chi connectivity index (χ0n) is 20.5. The molecule has 0 atom stereocenters. The van der Waals surface area contributed by atoms with Crippen LogP contribution in [0.1, 0.15) is 74.4 Å². The first-order valence-corrected chi connectivity index (χ1v) is 13.0. The number of benzene rings is 1. The number of hydrogen-bond donors (Lipinski definition) is 2. The number of aryl methyl sites for hydroxylation is 1. The Morgan fingerprint density at radius 1 is 1.00 bits per heavy atom. The highest BCUT2D eigenvalue weighted by Crippen LogP contribution is 2.42. The van der Waals surface area contributed by atoms with Gasteiger partial charge >= 0.3 is 0 Å². The molecule has 2 saturated carbocycles. The molecule has 0 bridgehead atoms. The van der Waals surface area contributed by atoms with Crippen molar-refractivity contribution in [2.24, 2.45) is 0 Å². The van der Waals surface area contributed by atoms with E-state index in [1.807, 2.05) is 0 Å². The maximum atomic E-state index is 10.0. The van der Waals surface area contributed by atoms with Gasteiger partial charge in [0.15, 0.2) is 0 Å². The average Bonchev–Trinajstić information content (AvgIpc) is 3.69. The van der Waals surface area contributed by atoms with Crippen LogP contribution in [0.2, 0.25) is 0 Å². The van der Waals surface area contributed by atoms with E-state index in [4.69, 9.17) is 9.97 Å². The molecule has 3 heterocycles. The molecule has 0 saturated heterocycles. The van der Waals surface area contributed by atoms with Crippen LogP contribution >= 0.6 is 0 Å². The summed E-state index contributed by atoms with van der Waals surface area (Å²) in [5, 5.41) is 22.6. The van der Waals surface area contributed by atoms with Crippen molar-refractivity contribution in [2.75, 3.05) is 5.32 Å². The molecule has 2 aliphatic rings. The molecule has 3 aromatic heterocycles. The van der Waals surface area contributed by atoms with Crippen molar-refractivity contribution in [2.45, 2.75) is 69.9 Å². The number of hydrogen-bond acceptors (Lipinski definition) is 6. The van der Waals surface area contributed by atoms with Crippen LogP contribution in [-0.2, 0) is 6.42 Å². The molecule has 1 aromatic carbocycles. The Labute approximate surface area is 210 Å². The molecule has 2 N–H and O–H groups in total. The lowest BCUT2D eigenvalue weighted by Crippen LogP contribution is -2.22. The van der Waals surface area contributed by atoms with Gasteiger partial charge in [0.05, 0.1) is 34.5 Å². The fraction of sp³-hybridized carbons (Fsp3) is 0.379. The van der Waals surface area contributed by atoms with Gasteiger partial charge in [0.1, 0.15) is 17.5 Å². The summed E-state index contributed by atoms with van der Waals surface area (Å²) < 4.78 is 2.41. The SMILES string of the molecule is CCc1nc2ccc(-c3cc(C4CC4)cc(Nc4cc(C#N)ccn4)n3)cc2n1[C@H]1CC[C@H](O)CC1. The van der Waals surface area contributed by atoms with Crippen LogP contribution in [0.25, 0.3) is 22.3 Å². The van der Waals surface area contributed by atoms with E-state index in [1.54, 1.807) is 18.3 Å². The number of aliphatic hydroxyl groups is 1. The maximum absolute atomic E-state index is 10.0. The molecular weight excluding hydrogens is 448 g/mol. The molecule has 0 spiro atoms. The summed E-state index contributed by atoms with van der Waals surface area (Å²) >= 11 is 0. The summed E-state index contributed by atoms with van der Waals surface area (Å²) in [6.07, 6.45) is 8.36. The van der Waals surface area contributed by atoms with Crippen LogP contribution in [0.3, 0.4) is 0 Å². The fourth-order valence-corrected chi connectivity index (χ4v) is 5.39. The number of nitrogens with one attached hydrogen (secondary N) is 1. The molecular formula is C29H30N6O. The second-order valence-electron chi connectivity index (χ2n) is 10.0. The van der Waals surface area contributed by atoms with Gasteiger partial charge in [-0.2, -0.15) is 5.26 Å². The molecule has 6 rings (SSSR count). The van der Waals surface area contributed by atoms with Crippen molar-refractivity contribution in [1.29, 1.82) is 5.26 Å². The van der Waals surface area contributed by atoms with Crippen LogP contribution in [0, 0.1) is 11.3 Å². The minimum Gasteiger partial charge on any atom is -0.393 e. The first-order chi connectivity index (χ1) is 17.6. The number of pyridine rings is 2. The molecule has 0 radical (unpaired) electrons. The lowest BCUT2D eigenvalue weighted by atomic mass is 9.92. The highest BCUT2D eigenvalue weighted by Gasteiger charge is 2.26. The maximum Gasteiger partial charge on any atom is 0.132 e. The van der Waals surface area contributed by atoms with Crippen molar-refractivity contribution in [1.82, 2.24) is 19.5 Å². The Kier molecular flexibility index (Phi) is 5.90. The van der Waals surface area contributed by atoms with E-state index >= 15 is 0 Å².